The molecular weight excluding hydrogens is 426 g/mol. The van der Waals surface area contributed by atoms with Crippen LogP contribution in [0.15, 0.2) is 59.1 Å². The molecule has 3 heterocycles. The van der Waals surface area contributed by atoms with E-state index < -0.39 is 0 Å². The van der Waals surface area contributed by atoms with Crippen LogP contribution in [-0.2, 0) is 6.54 Å². The number of carbonyl (C=O) groups excluding carboxylic acids is 1. The summed E-state index contributed by atoms with van der Waals surface area (Å²) in [6.45, 7) is 9.67. The zero-order chi connectivity index (χ0) is 23.7. The van der Waals surface area contributed by atoms with Crippen LogP contribution in [0.2, 0.25) is 0 Å². The standard InChI is InChI=1S/C27H29N5O2/c1-18(2)24-16-22(21-6-4-5-7-23(21)28-24)27(33)32-14-12-31(13-15-32)17-25-29-26(30-34-25)20-10-8-19(3)9-11-20/h4-11,16,18H,12-15,17H2,1-3H3. The first kappa shape index (κ1) is 22.2. The third kappa shape index (κ3) is 4.56. The van der Waals surface area contributed by atoms with Gasteiger partial charge in [0.05, 0.1) is 17.6 Å². The molecule has 2 aromatic heterocycles. The van der Waals surface area contributed by atoms with Gasteiger partial charge >= 0.3 is 0 Å². The number of piperazine rings is 1. The molecule has 0 N–H and O–H groups in total. The van der Waals surface area contributed by atoms with Gasteiger partial charge in [-0.1, -0.05) is 67.0 Å². The summed E-state index contributed by atoms with van der Waals surface area (Å²) in [5, 5.41) is 5.04. The first-order chi connectivity index (χ1) is 16.5. The van der Waals surface area contributed by atoms with E-state index in [1.165, 1.54) is 5.56 Å². The second-order valence-corrected chi connectivity index (χ2v) is 9.21. The molecule has 0 unspecified atom stereocenters. The molecule has 0 spiro atoms. The van der Waals surface area contributed by atoms with Crippen LogP contribution < -0.4 is 0 Å². The van der Waals surface area contributed by atoms with Crippen LogP contribution in [0.1, 0.15) is 47.3 Å². The van der Waals surface area contributed by atoms with Crippen LogP contribution in [0.5, 0.6) is 0 Å². The van der Waals surface area contributed by atoms with Crippen LogP contribution in [0.3, 0.4) is 0 Å². The van der Waals surface area contributed by atoms with Gasteiger partial charge in [-0.05, 0) is 25.0 Å². The summed E-state index contributed by atoms with van der Waals surface area (Å²) < 4.78 is 5.49. The van der Waals surface area contributed by atoms with E-state index in [2.05, 4.69) is 35.8 Å². The van der Waals surface area contributed by atoms with E-state index in [0.717, 1.165) is 40.8 Å². The van der Waals surface area contributed by atoms with Crippen molar-refractivity contribution in [1.29, 1.82) is 0 Å². The predicted octanol–water partition coefficient (Wildman–Crippen LogP) is 4.67. The number of nitrogens with zero attached hydrogens (tertiary/aromatic N) is 5. The van der Waals surface area contributed by atoms with Gasteiger partial charge in [0.25, 0.3) is 5.91 Å². The molecule has 1 aliphatic heterocycles. The topological polar surface area (TPSA) is 75.4 Å². The minimum absolute atomic E-state index is 0.0691. The smallest absolute Gasteiger partial charge is 0.254 e. The SMILES string of the molecule is Cc1ccc(-c2noc(CN3CCN(C(=O)c4cc(C(C)C)nc5ccccc45)CC3)n2)cc1. The Balaban J connectivity index is 1.25. The monoisotopic (exact) mass is 455 g/mol. The van der Waals surface area contributed by atoms with Gasteiger partial charge in [-0.2, -0.15) is 4.98 Å². The minimum atomic E-state index is 0.0691. The molecule has 5 rings (SSSR count). The zero-order valence-corrected chi connectivity index (χ0v) is 19.9. The quantitative estimate of drug-likeness (QED) is 0.435. The number of hydrogen-bond donors (Lipinski definition) is 0. The fraction of sp³-hybridized carbons (Fsp3) is 0.333. The maximum absolute atomic E-state index is 13.5. The Bertz CT molecular complexity index is 1300. The van der Waals surface area contributed by atoms with Gasteiger partial charge in [0, 0.05) is 42.8 Å². The summed E-state index contributed by atoms with van der Waals surface area (Å²) in [6, 6.07) is 17.9. The number of para-hydroxylation sites is 1. The van der Waals surface area contributed by atoms with Crippen LogP contribution in [-0.4, -0.2) is 57.0 Å². The number of pyridine rings is 1. The number of fused-ring (bicyclic) bond motifs is 1. The summed E-state index contributed by atoms with van der Waals surface area (Å²) in [5.41, 5.74) is 4.70. The Morgan fingerprint density at radius 1 is 1.00 bits per heavy atom. The van der Waals surface area contributed by atoms with Crippen molar-refractivity contribution in [2.75, 3.05) is 26.2 Å². The van der Waals surface area contributed by atoms with E-state index >= 15 is 0 Å². The van der Waals surface area contributed by atoms with E-state index in [4.69, 9.17) is 9.51 Å². The molecule has 1 aliphatic rings. The molecule has 0 bridgehead atoms. The molecule has 0 atom stereocenters. The maximum Gasteiger partial charge on any atom is 0.254 e. The molecule has 0 aliphatic carbocycles. The summed E-state index contributed by atoms with van der Waals surface area (Å²) in [4.78, 5) is 27.0. The molecule has 1 amide bonds. The maximum atomic E-state index is 13.5. The third-order valence-electron chi connectivity index (χ3n) is 6.35. The van der Waals surface area contributed by atoms with E-state index in [9.17, 15) is 4.79 Å². The van der Waals surface area contributed by atoms with Gasteiger partial charge in [-0.25, -0.2) is 0 Å². The summed E-state index contributed by atoms with van der Waals surface area (Å²) in [5.74, 6) is 1.53. The number of benzene rings is 2. The molecule has 0 radical (unpaired) electrons. The van der Waals surface area contributed by atoms with Crippen LogP contribution in [0.25, 0.3) is 22.3 Å². The third-order valence-corrected chi connectivity index (χ3v) is 6.35. The molecule has 0 saturated carbocycles. The molecule has 7 nitrogen and oxygen atoms in total. The van der Waals surface area contributed by atoms with Crippen molar-refractivity contribution in [2.45, 2.75) is 33.2 Å². The van der Waals surface area contributed by atoms with E-state index in [0.29, 0.717) is 31.3 Å². The van der Waals surface area contributed by atoms with Crippen molar-refractivity contribution in [2.24, 2.45) is 0 Å². The summed E-state index contributed by atoms with van der Waals surface area (Å²) >= 11 is 0. The molecule has 174 valence electrons. The first-order valence-corrected chi connectivity index (χ1v) is 11.8. The highest BCUT2D eigenvalue weighted by atomic mass is 16.5. The van der Waals surface area contributed by atoms with Crippen molar-refractivity contribution < 1.29 is 9.32 Å². The highest BCUT2D eigenvalue weighted by Gasteiger charge is 2.25. The normalized spacial score (nSPS) is 14.8. The summed E-state index contributed by atoms with van der Waals surface area (Å²) in [7, 11) is 0. The van der Waals surface area contributed by atoms with Crippen molar-refractivity contribution in [3.05, 3.63) is 77.3 Å². The predicted molar refractivity (Wildman–Crippen MR) is 131 cm³/mol. The second kappa shape index (κ2) is 9.35. The molecular formula is C27H29N5O2. The van der Waals surface area contributed by atoms with Crippen molar-refractivity contribution in [1.82, 2.24) is 24.9 Å². The largest absolute Gasteiger partial charge is 0.338 e. The molecule has 34 heavy (non-hydrogen) atoms. The lowest BCUT2D eigenvalue weighted by Gasteiger charge is -2.34. The van der Waals surface area contributed by atoms with Gasteiger partial charge in [0.1, 0.15) is 0 Å². The Morgan fingerprint density at radius 3 is 2.47 bits per heavy atom. The Kier molecular flexibility index (Phi) is 6.11. The Labute approximate surface area is 199 Å². The van der Waals surface area contributed by atoms with Crippen molar-refractivity contribution in [3.8, 4) is 11.4 Å². The minimum Gasteiger partial charge on any atom is -0.338 e. The van der Waals surface area contributed by atoms with Gasteiger partial charge in [-0.15, -0.1) is 0 Å². The number of hydrogen-bond acceptors (Lipinski definition) is 6. The zero-order valence-electron chi connectivity index (χ0n) is 19.9. The van der Waals surface area contributed by atoms with Crippen LogP contribution in [0.4, 0.5) is 0 Å². The molecule has 1 fully saturated rings. The van der Waals surface area contributed by atoms with Crippen LogP contribution >= 0.6 is 0 Å². The van der Waals surface area contributed by atoms with Crippen molar-refractivity contribution >= 4 is 16.8 Å². The summed E-state index contributed by atoms with van der Waals surface area (Å²) in [6.07, 6.45) is 0. The highest BCUT2D eigenvalue weighted by molar-refractivity contribution is 6.06. The Hall–Kier alpha value is -3.58. The molecule has 4 aromatic rings. The molecule has 2 aromatic carbocycles. The lowest BCUT2D eigenvalue weighted by atomic mass is 10.0. The number of aromatic nitrogens is 3. The number of rotatable bonds is 5. The Morgan fingerprint density at radius 2 is 1.74 bits per heavy atom. The van der Waals surface area contributed by atoms with Crippen LogP contribution in [0, 0.1) is 6.92 Å². The average Bonchev–Trinajstić information content (AvgIpc) is 3.32. The lowest BCUT2D eigenvalue weighted by molar-refractivity contribution is 0.0617. The number of aryl methyl sites for hydroxylation is 1. The molecule has 1 saturated heterocycles. The van der Waals surface area contributed by atoms with E-state index in [1.54, 1.807) is 0 Å². The number of carbonyl (C=O) groups is 1. The lowest BCUT2D eigenvalue weighted by Crippen LogP contribution is -2.48. The van der Waals surface area contributed by atoms with Gasteiger partial charge in [0.2, 0.25) is 11.7 Å². The highest BCUT2D eigenvalue weighted by Crippen LogP contribution is 2.24. The van der Waals surface area contributed by atoms with Gasteiger partial charge in [-0.3, -0.25) is 14.7 Å². The van der Waals surface area contributed by atoms with E-state index in [1.807, 2.05) is 59.5 Å². The van der Waals surface area contributed by atoms with Gasteiger partial charge in [0.15, 0.2) is 0 Å². The second-order valence-electron chi connectivity index (χ2n) is 9.21. The fourth-order valence-electron chi connectivity index (χ4n) is 4.28. The average molecular weight is 456 g/mol. The van der Waals surface area contributed by atoms with E-state index in [-0.39, 0.29) is 11.8 Å². The van der Waals surface area contributed by atoms with Crippen molar-refractivity contribution in [3.63, 3.8) is 0 Å². The van der Waals surface area contributed by atoms with Gasteiger partial charge < -0.3 is 9.42 Å². The first-order valence-electron chi connectivity index (χ1n) is 11.8. The fourth-order valence-corrected chi connectivity index (χ4v) is 4.28. The molecule has 7 heteroatoms. The number of amides is 1.